The molecule has 3 aliphatic heterocycles. The lowest BCUT2D eigenvalue weighted by molar-refractivity contribution is -0.138. The Morgan fingerprint density at radius 3 is 2.69 bits per heavy atom. The van der Waals surface area contributed by atoms with Crippen LogP contribution in [0.1, 0.15) is 39.9 Å². The molecule has 5 rings (SSSR count). The molecule has 35 heavy (non-hydrogen) atoms. The van der Waals surface area contributed by atoms with Gasteiger partial charge >= 0.3 is 0 Å². The van der Waals surface area contributed by atoms with E-state index in [9.17, 15) is 18.8 Å². The van der Waals surface area contributed by atoms with Crippen molar-refractivity contribution in [3.8, 4) is 5.75 Å². The number of hydrogen-bond donors (Lipinski definition) is 1. The number of nitrogens with zero attached hydrogens (tertiary/aromatic N) is 2. The minimum Gasteiger partial charge on any atom is -0.488 e. The van der Waals surface area contributed by atoms with E-state index in [-0.39, 0.29) is 31.8 Å². The molecular weight excluding hydrogens is 452 g/mol. The highest BCUT2D eigenvalue weighted by molar-refractivity contribution is 6.32. The number of piperidine rings is 1. The van der Waals surface area contributed by atoms with Crippen LogP contribution >= 0.6 is 0 Å². The monoisotopic (exact) mass is 477 g/mol. The summed E-state index contributed by atoms with van der Waals surface area (Å²) in [5.74, 6) is -1.45. The highest BCUT2D eigenvalue weighted by atomic mass is 19.1. The molecule has 0 aliphatic carbocycles. The standard InChI is InChI=1S/C25H25BFN3O5/c26-25(7-6-22(31)28-24(25)33)30-14-19-18(23(30)32)2-1-3-21(19)35-15-17-5-4-16(12-20(17)27)13-29-8-10-34-11-9-29/h1-5,12H,6-11,13-15H2,(H,28,31,33). The number of amides is 3. The lowest BCUT2D eigenvalue weighted by Crippen LogP contribution is -2.63. The maximum absolute atomic E-state index is 14.8. The number of ether oxygens (including phenoxy) is 2. The summed E-state index contributed by atoms with van der Waals surface area (Å²) >= 11 is 0. The van der Waals surface area contributed by atoms with Gasteiger partial charge in [0.2, 0.25) is 11.8 Å². The fourth-order valence-electron chi connectivity index (χ4n) is 4.71. The van der Waals surface area contributed by atoms with Crippen LogP contribution in [0.4, 0.5) is 4.39 Å². The summed E-state index contributed by atoms with van der Waals surface area (Å²) in [5, 5.41) is 2.21. The average Bonchev–Trinajstić information content (AvgIpc) is 3.20. The zero-order valence-corrected chi connectivity index (χ0v) is 19.2. The van der Waals surface area contributed by atoms with Crippen LogP contribution in [-0.2, 0) is 34.0 Å². The number of rotatable bonds is 6. The first-order valence-corrected chi connectivity index (χ1v) is 11.6. The van der Waals surface area contributed by atoms with Crippen molar-refractivity contribution in [3.63, 3.8) is 0 Å². The van der Waals surface area contributed by atoms with Crippen molar-refractivity contribution in [2.45, 2.75) is 38.0 Å². The third-order valence-corrected chi connectivity index (χ3v) is 6.80. The maximum atomic E-state index is 14.8. The first kappa shape index (κ1) is 23.5. The van der Waals surface area contributed by atoms with Gasteiger partial charge in [-0.3, -0.25) is 24.6 Å². The van der Waals surface area contributed by atoms with E-state index in [4.69, 9.17) is 17.3 Å². The number of nitrogens with one attached hydrogen (secondary N) is 1. The summed E-state index contributed by atoms with van der Waals surface area (Å²) in [7, 11) is 6.30. The fraction of sp³-hybridized carbons (Fsp3) is 0.400. The van der Waals surface area contributed by atoms with Crippen molar-refractivity contribution in [1.29, 1.82) is 0 Å². The second-order valence-corrected chi connectivity index (χ2v) is 9.08. The SMILES string of the molecule is [B]C1(N2Cc3c(OCc4ccc(CN5CCOCC5)cc4F)cccc3C2=O)CCC(=O)NC1=O. The van der Waals surface area contributed by atoms with Crippen molar-refractivity contribution < 1.29 is 28.2 Å². The van der Waals surface area contributed by atoms with Crippen LogP contribution in [0.15, 0.2) is 36.4 Å². The van der Waals surface area contributed by atoms with E-state index in [1.165, 1.54) is 11.0 Å². The zero-order valence-electron chi connectivity index (χ0n) is 19.2. The number of morpholine rings is 1. The second-order valence-electron chi connectivity index (χ2n) is 9.08. The van der Waals surface area contributed by atoms with Gasteiger partial charge in [-0.25, -0.2) is 4.39 Å². The molecular formula is C25H25BFN3O5. The highest BCUT2D eigenvalue weighted by Gasteiger charge is 2.48. The minimum absolute atomic E-state index is 0.0168. The van der Waals surface area contributed by atoms with Crippen LogP contribution in [0.5, 0.6) is 5.75 Å². The van der Waals surface area contributed by atoms with Crippen molar-refractivity contribution >= 4 is 25.6 Å². The highest BCUT2D eigenvalue weighted by Crippen LogP contribution is 2.37. The summed E-state index contributed by atoms with van der Waals surface area (Å²) in [6, 6.07) is 10.1. The van der Waals surface area contributed by atoms with E-state index in [0.717, 1.165) is 18.7 Å². The molecule has 3 heterocycles. The van der Waals surface area contributed by atoms with Crippen molar-refractivity contribution in [1.82, 2.24) is 15.1 Å². The van der Waals surface area contributed by atoms with Gasteiger partial charge in [0.25, 0.3) is 5.91 Å². The number of carbonyl (C=O) groups is 3. The Hall–Kier alpha value is -3.24. The van der Waals surface area contributed by atoms with Crippen molar-refractivity contribution in [3.05, 3.63) is 64.5 Å². The molecule has 0 aromatic heterocycles. The summed E-state index contributed by atoms with van der Waals surface area (Å²) in [5.41, 5.74) is 0.612. The molecule has 2 fully saturated rings. The van der Waals surface area contributed by atoms with Gasteiger partial charge in [0.05, 0.1) is 25.2 Å². The Morgan fingerprint density at radius 1 is 1.14 bits per heavy atom. The van der Waals surface area contributed by atoms with Crippen LogP contribution in [0.2, 0.25) is 0 Å². The number of benzene rings is 2. The topological polar surface area (TPSA) is 88.2 Å². The molecule has 10 heteroatoms. The van der Waals surface area contributed by atoms with Gasteiger partial charge in [-0.15, -0.1) is 0 Å². The number of imide groups is 1. The number of hydrogen-bond acceptors (Lipinski definition) is 6. The molecule has 3 amide bonds. The Balaban J connectivity index is 1.28. The van der Waals surface area contributed by atoms with E-state index in [2.05, 4.69) is 10.2 Å². The van der Waals surface area contributed by atoms with Crippen LogP contribution < -0.4 is 10.1 Å². The molecule has 3 aliphatic rings. The fourth-order valence-corrected chi connectivity index (χ4v) is 4.71. The number of fused-ring (bicyclic) bond motifs is 1. The predicted molar refractivity (Wildman–Crippen MR) is 124 cm³/mol. The molecule has 2 aromatic rings. The smallest absolute Gasteiger partial charge is 0.254 e. The minimum atomic E-state index is -1.62. The molecule has 2 aromatic carbocycles. The van der Waals surface area contributed by atoms with E-state index in [0.29, 0.717) is 42.2 Å². The summed E-state index contributed by atoms with van der Waals surface area (Å²) in [6.45, 7) is 3.71. The number of carbonyl (C=O) groups excluding carboxylic acids is 3. The Morgan fingerprint density at radius 2 is 1.94 bits per heavy atom. The average molecular weight is 477 g/mol. The quantitative estimate of drug-likeness (QED) is 0.501. The molecule has 1 atom stereocenters. The van der Waals surface area contributed by atoms with E-state index >= 15 is 0 Å². The molecule has 0 saturated carbocycles. The molecule has 8 nitrogen and oxygen atoms in total. The molecule has 0 bridgehead atoms. The lowest BCUT2D eigenvalue weighted by atomic mass is 9.70. The van der Waals surface area contributed by atoms with Gasteiger partial charge in [-0.05, 0) is 30.2 Å². The van der Waals surface area contributed by atoms with Crippen LogP contribution in [0.3, 0.4) is 0 Å². The second kappa shape index (κ2) is 9.43. The number of halogens is 1. The summed E-state index contributed by atoms with van der Waals surface area (Å²) in [4.78, 5) is 40.6. The van der Waals surface area contributed by atoms with Crippen LogP contribution in [0, 0.1) is 5.82 Å². The van der Waals surface area contributed by atoms with Crippen molar-refractivity contribution in [2.75, 3.05) is 26.3 Å². The van der Waals surface area contributed by atoms with Gasteiger partial charge in [-0.1, -0.05) is 18.2 Å². The third kappa shape index (κ3) is 4.55. The van der Waals surface area contributed by atoms with E-state index < -0.39 is 23.2 Å². The normalized spacial score (nSPS) is 22.8. The van der Waals surface area contributed by atoms with Gasteiger partial charge < -0.3 is 14.4 Å². The summed E-state index contributed by atoms with van der Waals surface area (Å²) in [6.07, 6.45) is 0.0854. The molecule has 1 N–H and O–H groups in total. The molecule has 1 unspecified atom stereocenters. The van der Waals surface area contributed by atoms with Gasteiger partial charge in [0.1, 0.15) is 26.0 Å². The molecule has 2 radical (unpaired) electrons. The van der Waals surface area contributed by atoms with Crippen molar-refractivity contribution in [2.24, 2.45) is 0 Å². The third-order valence-electron chi connectivity index (χ3n) is 6.80. The zero-order chi connectivity index (χ0) is 24.6. The van der Waals surface area contributed by atoms with Gasteiger partial charge in [-0.2, -0.15) is 0 Å². The van der Waals surface area contributed by atoms with E-state index in [1.807, 2.05) is 6.07 Å². The Labute approximate surface area is 203 Å². The molecule has 180 valence electrons. The predicted octanol–water partition coefficient (Wildman–Crippen LogP) is 1.49. The summed E-state index contributed by atoms with van der Waals surface area (Å²) < 4.78 is 26.1. The molecule has 0 spiro atoms. The Bertz CT molecular complexity index is 1190. The first-order valence-electron chi connectivity index (χ1n) is 11.6. The maximum Gasteiger partial charge on any atom is 0.254 e. The lowest BCUT2D eigenvalue weighted by Gasteiger charge is -2.40. The van der Waals surface area contributed by atoms with Crippen LogP contribution in [-0.4, -0.2) is 67.1 Å². The van der Waals surface area contributed by atoms with E-state index in [1.54, 1.807) is 24.3 Å². The van der Waals surface area contributed by atoms with Gasteiger partial charge in [0, 0.05) is 42.7 Å². The Kier molecular flexibility index (Phi) is 6.33. The van der Waals surface area contributed by atoms with Crippen LogP contribution in [0.25, 0.3) is 0 Å². The first-order chi connectivity index (χ1) is 16.8. The van der Waals surface area contributed by atoms with Gasteiger partial charge in [0.15, 0.2) is 0 Å². The molecule has 2 saturated heterocycles. The largest absolute Gasteiger partial charge is 0.488 e.